The summed E-state index contributed by atoms with van der Waals surface area (Å²) in [6, 6.07) is 9.03. The maximum atomic E-state index is 5.79. The summed E-state index contributed by atoms with van der Waals surface area (Å²) in [7, 11) is -1.27. The molecular formula is C17H25N3O2Si. The van der Waals surface area contributed by atoms with E-state index in [-0.39, 0.29) is 6.10 Å². The van der Waals surface area contributed by atoms with Crippen LogP contribution in [-0.2, 0) is 11.3 Å². The van der Waals surface area contributed by atoms with E-state index in [0.29, 0.717) is 18.4 Å². The molecule has 1 atom stereocenters. The molecule has 3 rings (SSSR count). The van der Waals surface area contributed by atoms with Crippen LogP contribution in [0.25, 0.3) is 0 Å². The Kier molecular flexibility index (Phi) is 4.66. The van der Waals surface area contributed by atoms with Crippen LogP contribution in [0.5, 0.6) is 0 Å². The van der Waals surface area contributed by atoms with Crippen LogP contribution in [0.4, 0.5) is 0 Å². The lowest BCUT2D eigenvalue weighted by molar-refractivity contribution is -0.0457. The lowest BCUT2D eigenvalue weighted by atomic mass is 10.2. The van der Waals surface area contributed by atoms with Crippen LogP contribution in [0.3, 0.4) is 0 Å². The summed E-state index contributed by atoms with van der Waals surface area (Å²) < 4.78 is 11.3. The van der Waals surface area contributed by atoms with E-state index in [9.17, 15) is 0 Å². The summed E-state index contributed by atoms with van der Waals surface area (Å²) in [6.07, 6.45) is -0.120. The fourth-order valence-corrected chi connectivity index (χ4v) is 4.05. The summed E-state index contributed by atoms with van der Waals surface area (Å²) in [4.78, 5) is 2.40. The first-order valence-electron chi connectivity index (χ1n) is 8.15. The zero-order valence-corrected chi connectivity index (χ0v) is 15.4. The van der Waals surface area contributed by atoms with Crippen molar-refractivity contribution in [2.24, 2.45) is 0 Å². The van der Waals surface area contributed by atoms with Gasteiger partial charge in [0, 0.05) is 26.6 Å². The molecule has 0 radical (unpaired) electrons. The van der Waals surface area contributed by atoms with Gasteiger partial charge < -0.3 is 9.15 Å². The largest absolute Gasteiger partial charge is 0.423 e. The molecule has 5 nitrogen and oxygen atoms in total. The second kappa shape index (κ2) is 6.55. The average molecular weight is 331 g/mol. The Labute approximate surface area is 138 Å². The maximum Gasteiger partial charge on any atom is 0.246 e. The summed E-state index contributed by atoms with van der Waals surface area (Å²) >= 11 is 0. The number of ether oxygens (including phenoxy) is 1. The molecule has 1 aliphatic heterocycles. The van der Waals surface area contributed by atoms with Gasteiger partial charge in [0.2, 0.25) is 11.8 Å². The Bertz CT molecular complexity index is 666. The van der Waals surface area contributed by atoms with Gasteiger partial charge in [-0.15, -0.1) is 10.2 Å². The minimum atomic E-state index is -1.27. The van der Waals surface area contributed by atoms with Crippen molar-refractivity contribution < 1.29 is 9.15 Å². The Morgan fingerprint density at radius 1 is 1.26 bits per heavy atom. The van der Waals surface area contributed by atoms with E-state index >= 15 is 0 Å². The van der Waals surface area contributed by atoms with Crippen molar-refractivity contribution in [2.45, 2.75) is 39.2 Å². The van der Waals surface area contributed by atoms with E-state index in [1.165, 1.54) is 10.8 Å². The number of rotatable bonds is 4. The third-order valence-corrected chi connectivity index (χ3v) is 6.21. The van der Waals surface area contributed by atoms with E-state index in [0.717, 1.165) is 19.6 Å². The highest BCUT2D eigenvalue weighted by Crippen LogP contribution is 2.22. The van der Waals surface area contributed by atoms with Crippen molar-refractivity contribution in [2.75, 3.05) is 19.7 Å². The zero-order chi connectivity index (χ0) is 16.4. The van der Waals surface area contributed by atoms with E-state index < -0.39 is 8.07 Å². The van der Waals surface area contributed by atoms with Crippen molar-refractivity contribution in [3.8, 4) is 0 Å². The minimum absolute atomic E-state index is 0.120. The number of aryl methyl sites for hydroxylation is 1. The number of benzene rings is 1. The fraction of sp³-hybridized carbons (Fsp3) is 0.529. The number of hydrogen-bond donors (Lipinski definition) is 0. The molecule has 1 aliphatic rings. The Morgan fingerprint density at radius 2 is 2.09 bits per heavy atom. The molecule has 0 spiro atoms. The molecule has 0 amide bonds. The summed E-state index contributed by atoms with van der Waals surface area (Å²) in [5.41, 5.74) is 1.37. The van der Waals surface area contributed by atoms with Gasteiger partial charge in [-0.2, -0.15) is 0 Å². The molecule has 0 bridgehead atoms. The molecule has 1 unspecified atom stereocenters. The first-order chi connectivity index (χ1) is 10.9. The molecule has 1 aromatic carbocycles. The number of nitrogens with zero attached hydrogens (tertiary/aromatic N) is 3. The predicted octanol–water partition coefficient (Wildman–Crippen LogP) is 2.50. The van der Waals surface area contributed by atoms with Gasteiger partial charge in [0.1, 0.15) is 6.10 Å². The molecule has 23 heavy (non-hydrogen) atoms. The third-order valence-electron chi connectivity index (χ3n) is 4.17. The van der Waals surface area contributed by atoms with E-state index in [1.54, 1.807) is 6.92 Å². The Hall–Kier alpha value is -1.50. The second-order valence-corrected chi connectivity index (χ2v) is 12.3. The highest BCUT2D eigenvalue weighted by atomic mass is 28.3. The third kappa shape index (κ3) is 4.07. The smallest absolute Gasteiger partial charge is 0.246 e. The molecular weight excluding hydrogens is 306 g/mol. The number of morpholine rings is 1. The molecule has 6 heteroatoms. The van der Waals surface area contributed by atoms with Gasteiger partial charge >= 0.3 is 0 Å². The molecule has 1 fully saturated rings. The van der Waals surface area contributed by atoms with Crippen LogP contribution in [0, 0.1) is 6.92 Å². The predicted molar refractivity (Wildman–Crippen MR) is 92.4 cm³/mol. The van der Waals surface area contributed by atoms with Gasteiger partial charge in [-0.3, -0.25) is 4.90 Å². The van der Waals surface area contributed by atoms with Crippen LogP contribution >= 0.6 is 0 Å². The van der Waals surface area contributed by atoms with E-state index in [4.69, 9.17) is 9.15 Å². The van der Waals surface area contributed by atoms with Gasteiger partial charge in [-0.1, -0.05) is 49.1 Å². The van der Waals surface area contributed by atoms with Crippen LogP contribution < -0.4 is 5.19 Å². The molecule has 0 aliphatic carbocycles. The molecule has 2 aromatic rings. The van der Waals surface area contributed by atoms with Crippen LogP contribution in [-0.4, -0.2) is 42.9 Å². The van der Waals surface area contributed by atoms with Crippen LogP contribution in [0.2, 0.25) is 19.6 Å². The number of aromatic nitrogens is 2. The standard InChI is InChI=1S/C17H25N3O2Si/c1-13-18-19-17(22-13)16-12-20(8-9-21-16)11-14-6-5-7-15(10-14)23(2,3)4/h5-7,10,16H,8-9,11-12H2,1-4H3. The van der Waals surface area contributed by atoms with Crippen molar-refractivity contribution in [3.63, 3.8) is 0 Å². The van der Waals surface area contributed by atoms with Crippen molar-refractivity contribution in [1.29, 1.82) is 0 Å². The summed E-state index contributed by atoms with van der Waals surface area (Å²) in [5, 5.41) is 9.50. The van der Waals surface area contributed by atoms with Gasteiger partial charge in [0.15, 0.2) is 0 Å². The second-order valence-electron chi connectivity index (χ2n) is 7.20. The molecule has 1 aromatic heterocycles. The minimum Gasteiger partial charge on any atom is -0.423 e. The fourth-order valence-electron chi connectivity index (χ4n) is 2.83. The van der Waals surface area contributed by atoms with Crippen molar-refractivity contribution in [3.05, 3.63) is 41.6 Å². The molecule has 0 N–H and O–H groups in total. The molecule has 1 saturated heterocycles. The molecule has 0 saturated carbocycles. The van der Waals surface area contributed by atoms with Crippen LogP contribution in [0.15, 0.2) is 28.7 Å². The topological polar surface area (TPSA) is 51.4 Å². The normalized spacial score (nSPS) is 19.9. The van der Waals surface area contributed by atoms with Gasteiger partial charge in [-0.25, -0.2) is 0 Å². The van der Waals surface area contributed by atoms with E-state index in [2.05, 4.69) is 59.0 Å². The van der Waals surface area contributed by atoms with Crippen LogP contribution in [0.1, 0.15) is 23.4 Å². The first kappa shape index (κ1) is 16.4. The lowest BCUT2D eigenvalue weighted by Crippen LogP contribution is -2.39. The van der Waals surface area contributed by atoms with E-state index in [1.807, 2.05) is 0 Å². The molecule has 124 valence electrons. The average Bonchev–Trinajstić information content (AvgIpc) is 2.94. The highest BCUT2D eigenvalue weighted by Gasteiger charge is 2.26. The molecule has 2 heterocycles. The van der Waals surface area contributed by atoms with Gasteiger partial charge in [0.25, 0.3) is 0 Å². The monoisotopic (exact) mass is 331 g/mol. The van der Waals surface area contributed by atoms with Crippen molar-refractivity contribution >= 4 is 13.3 Å². The quantitative estimate of drug-likeness (QED) is 0.806. The highest BCUT2D eigenvalue weighted by molar-refractivity contribution is 6.88. The maximum absolute atomic E-state index is 5.79. The Morgan fingerprint density at radius 3 is 2.78 bits per heavy atom. The zero-order valence-electron chi connectivity index (χ0n) is 14.4. The van der Waals surface area contributed by atoms with Gasteiger partial charge in [0.05, 0.1) is 14.7 Å². The van der Waals surface area contributed by atoms with Gasteiger partial charge in [-0.05, 0) is 5.56 Å². The summed E-state index contributed by atoms with van der Waals surface area (Å²) in [5.74, 6) is 1.17. The lowest BCUT2D eigenvalue weighted by Gasteiger charge is -2.31. The Balaban J connectivity index is 1.68. The summed E-state index contributed by atoms with van der Waals surface area (Å²) in [6.45, 7) is 12.3. The van der Waals surface area contributed by atoms with Crippen molar-refractivity contribution in [1.82, 2.24) is 15.1 Å². The SMILES string of the molecule is Cc1nnc(C2CN(Cc3cccc([Si](C)(C)C)c3)CCO2)o1. The number of hydrogen-bond acceptors (Lipinski definition) is 5. The first-order valence-corrected chi connectivity index (χ1v) is 11.7.